The van der Waals surface area contributed by atoms with Crippen LogP contribution in [0.15, 0.2) is 48.5 Å². The maximum absolute atomic E-state index is 12.4. The largest absolute Gasteiger partial charge is 0.484 e. The average Bonchev–Trinajstić information content (AvgIpc) is 2.79. The molecule has 2 aromatic carbocycles. The molecule has 0 bridgehead atoms. The van der Waals surface area contributed by atoms with Gasteiger partial charge in [-0.15, -0.1) is 0 Å². The van der Waals surface area contributed by atoms with Crippen LogP contribution in [0, 0.1) is 13.8 Å². The predicted molar refractivity (Wildman–Crippen MR) is 118 cm³/mol. The van der Waals surface area contributed by atoms with Crippen LogP contribution in [-0.4, -0.2) is 54.9 Å². The fraction of sp³-hybridized carbons (Fsp3) is 0.375. The molecule has 0 radical (unpaired) electrons. The zero-order valence-corrected chi connectivity index (χ0v) is 18.0. The molecule has 0 atom stereocenters. The Kier molecular flexibility index (Phi) is 7.65. The summed E-state index contributed by atoms with van der Waals surface area (Å²) in [5.74, 6) is 0.126. The van der Waals surface area contributed by atoms with E-state index in [1.54, 1.807) is 29.2 Å². The van der Waals surface area contributed by atoms with Crippen LogP contribution in [0.5, 0.6) is 5.75 Å². The van der Waals surface area contributed by atoms with Crippen molar-refractivity contribution in [2.75, 3.05) is 26.2 Å². The van der Waals surface area contributed by atoms with Crippen molar-refractivity contribution in [3.8, 4) is 5.75 Å². The van der Waals surface area contributed by atoms with E-state index >= 15 is 0 Å². The second kappa shape index (κ2) is 10.6. The summed E-state index contributed by atoms with van der Waals surface area (Å²) >= 11 is 0. The first-order valence-electron chi connectivity index (χ1n) is 10.5. The SMILES string of the molecule is Cc1ccc(OCC(=O)NC2CCN(C(=O)CNC(=O)c3ccccc3)CC2)cc1C. The highest BCUT2D eigenvalue weighted by molar-refractivity contribution is 5.96. The molecule has 1 aliphatic rings. The summed E-state index contributed by atoms with van der Waals surface area (Å²) in [6.07, 6.45) is 1.35. The first-order chi connectivity index (χ1) is 14.9. The molecule has 7 heteroatoms. The van der Waals surface area contributed by atoms with Crippen LogP contribution < -0.4 is 15.4 Å². The first kappa shape index (κ1) is 22.3. The molecular formula is C24H29N3O4. The van der Waals surface area contributed by atoms with Gasteiger partial charge in [-0.1, -0.05) is 24.3 Å². The van der Waals surface area contributed by atoms with Gasteiger partial charge in [-0.3, -0.25) is 14.4 Å². The van der Waals surface area contributed by atoms with Crippen molar-refractivity contribution >= 4 is 17.7 Å². The molecule has 31 heavy (non-hydrogen) atoms. The van der Waals surface area contributed by atoms with Gasteiger partial charge in [0.05, 0.1) is 6.54 Å². The van der Waals surface area contributed by atoms with Crippen LogP contribution in [0.4, 0.5) is 0 Å². The molecule has 2 aromatic rings. The number of carbonyl (C=O) groups excluding carboxylic acids is 3. The Morgan fingerprint density at radius 2 is 1.71 bits per heavy atom. The second-order valence-electron chi connectivity index (χ2n) is 7.81. The molecule has 0 aliphatic carbocycles. The number of hydrogen-bond donors (Lipinski definition) is 2. The van der Waals surface area contributed by atoms with Gasteiger partial charge in [-0.05, 0) is 62.1 Å². The average molecular weight is 424 g/mol. The number of carbonyl (C=O) groups is 3. The van der Waals surface area contributed by atoms with Crippen LogP contribution in [0.2, 0.25) is 0 Å². The molecule has 2 N–H and O–H groups in total. The Bertz CT molecular complexity index is 922. The van der Waals surface area contributed by atoms with E-state index in [1.165, 1.54) is 5.56 Å². The van der Waals surface area contributed by atoms with E-state index in [9.17, 15) is 14.4 Å². The third kappa shape index (κ3) is 6.57. The van der Waals surface area contributed by atoms with Crippen molar-refractivity contribution < 1.29 is 19.1 Å². The minimum atomic E-state index is -0.264. The Morgan fingerprint density at radius 3 is 2.39 bits per heavy atom. The second-order valence-corrected chi connectivity index (χ2v) is 7.81. The molecule has 1 aliphatic heterocycles. The van der Waals surface area contributed by atoms with Gasteiger partial charge < -0.3 is 20.3 Å². The number of ether oxygens (including phenoxy) is 1. The van der Waals surface area contributed by atoms with E-state index in [0.717, 1.165) is 5.56 Å². The van der Waals surface area contributed by atoms with E-state index < -0.39 is 0 Å². The Labute approximate surface area is 182 Å². The maximum Gasteiger partial charge on any atom is 0.258 e. The van der Waals surface area contributed by atoms with Gasteiger partial charge >= 0.3 is 0 Å². The quantitative estimate of drug-likeness (QED) is 0.715. The molecule has 0 saturated carbocycles. The lowest BCUT2D eigenvalue weighted by Crippen LogP contribution is -2.49. The molecule has 0 aromatic heterocycles. The topological polar surface area (TPSA) is 87.7 Å². The summed E-state index contributed by atoms with van der Waals surface area (Å²) in [6, 6.07) is 14.6. The van der Waals surface area contributed by atoms with Crippen molar-refractivity contribution in [2.45, 2.75) is 32.7 Å². The molecule has 1 saturated heterocycles. The van der Waals surface area contributed by atoms with Crippen molar-refractivity contribution in [1.29, 1.82) is 0 Å². The highest BCUT2D eigenvalue weighted by Crippen LogP contribution is 2.16. The molecule has 1 fully saturated rings. The van der Waals surface area contributed by atoms with E-state index in [1.807, 2.05) is 38.1 Å². The van der Waals surface area contributed by atoms with Gasteiger partial charge in [0.15, 0.2) is 6.61 Å². The number of hydrogen-bond acceptors (Lipinski definition) is 4. The van der Waals surface area contributed by atoms with Gasteiger partial charge in [0.25, 0.3) is 11.8 Å². The molecule has 7 nitrogen and oxygen atoms in total. The number of nitrogens with zero attached hydrogens (tertiary/aromatic N) is 1. The van der Waals surface area contributed by atoms with E-state index in [4.69, 9.17) is 4.74 Å². The van der Waals surface area contributed by atoms with E-state index in [0.29, 0.717) is 37.2 Å². The molecule has 3 amide bonds. The lowest BCUT2D eigenvalue weighted by molar-refractivity contribution is -0.131. The van der Waals surface area contributed by atoms with Gasteiger partial charge in [-0.25, -0.2) is 0 Å². The van der Waals surface area contributed by atoms with E-state index in [2.05, 4.69) is 10.6 Å². The van der Waals surface area contributed by atoms with Crippen LogP contribution in [0.25, 0.3) is 0 Å². The van der Waals surface area contributed by atoms with Gasteiger partial charge in [0.2, 0.25) is 5.91 Å². The Balaban J connectivity index is 1.35. The van der Waals surface area contributed by atoms with Gasteiger partial charge in [0.1, 0.15) is 5.75 Å². The summed E-state index contributed by atoms with van der Waals surface area (Å²) in [6.45, 7) is 5.05. The number of aryl methyl sites for hydroxylation is 2. The number of benzene rings is 2. The molecule has 1 heterocycles. The Morgan fingerprint density at radius 1 is 1.00 bits per heavy atom. The summed E-state index contributed by atoms with van der Waals surface area (Å²) in [5.41, 5.74) is 2.83. The van der Waals surface area contributed by atoms with Crippen LogP contribution in [-0.2, 0) is 9.59 Å². The summed E-state index contributed by atoms with van der Waals surface area (Å²) in [4.78, 5) is 38.4. The zero-order valence-electron chi connectivity index (χ0n) is 18.0. The predicted octanol–water partition coefficient (Wildman–Crippen LogP) is 2.22. The highest BCUT2D eigenvalue weighted by atomic mass is 16.5. The number of piperidine rings is 1. The minimum absolute atomic E-state index is 0.0128. The highest BCUT2D eigenvalue weighted by Gasteiger charge is 2.24. The van der Waals surface area contributed by atoms with E-state index in [-0.39, 0.29) is 36.9 Å². The molecule has 0 spiro atoms. The number of likely N-dealkylation sites (tertiary alicyclic amines) is 1. The standard InChI is InChI=1S/C24H29N3O4/c1-17-8-9-21(14-18(17)2)31-16-22(28)26-20-10-12-27(13-11-20)23(29)15-25-24(30)19-6-4-3-5-7-19/h3-9,14,20H,10-13,15-16H2,1-2H3,(H,25,30)(H,26,28). The van der Waals surface area contributed by atoms with Crippen molar-refractivity contribution in [1.82, 2.24) is 15.5 Å². The maximum atomic E-state index is 12.4. The van der Waals surface area contributed by atoms with Crippen LogP contribution in [0.1, 0.15) is 34.3 Å². The third-order valence-electron chi connectivity index (χ3n) is 5.50. The van der Waals surface area contributed by atoms with Gasteiger partial charge in [0, 0.05) is 24.7 Å². The van der Waals surface area contributed by atoms with Crippen LogP contribution in [0.3, 0.4) is 0 Å². The summed E-state index contributed by atoms with van der Waals surface area (Å²) in [7, 11) is 0. The smallest absolute Gasteiger partial charge is 0.258 e. The molecular weight excluding hydrogens is 394 g/mol. The Hall–Kier alpha value is -3.35. The lowest BCUT2D eigenvalue weighted by atomic mass is 10.0. The molecule has 164 valence electrons. The van der Waals surface area contributed by atoms with Gasteiger partial charge in [-0.2, -0.15) is 0 Å². The molecule has 0 unspecified atom stereocenters. The third-order valence-corrected chi connectivity index (χ3v) is 5.50. The lowest BCUT2D eigenvalue weighted by Gasteiger charge is -2.32. The fourth-order valence-electron chi connectivity index (χ4n) is 3.45. The van der Waals surface area contributed by atoms with Crippen LogP contribution >= 0.6 is 0 Å². The van der Waals surface area contributed by atoms with Crippen molar-refractivity contribution in [3.63, 3.8) is 0 Å². The summed E-state index contributed by atoms with van der Waals surface area (Å²) in [5, 5.41) is 5.64. The fourth-order valence-corrected chi connectivity index (χ4v) is 3.45. The van der Waals surface area contributed by atoms with Crippen molar-refractivity contribution in [3.05, 3.63) is 65.2 Å². The minimum Gasteiger partial charge on any atom is -0.484 e. The summed E-state index contributed by atoms with van der Waals surface area (Å²) < 4.78 is 5.58. The normalized spacial score (nSPS) is 14.1. The zero-order chi connectivity index (χ0) is 22.2. The van der Waals surface area contributed by atoms with Crippen molar-refractivity contribution in [2.24, 2.45) is 0 Å². The first-order valence-corrected chi connectivity index (χ1v) is 10.5. The number of nitrogens with one attached hydrogen (secondary N) is 2. The number of amides is 3. The molecule has 3 rings (SSSR count). The monoisotopic (exact) mass is 423 g/mol. The number of rotatable bonds is 7.